The van der Waals surface area contributed by atoms with Crippen molar-refractivity contribution < 1.29 is 14.8 Å². The van der Waals surface area contributed by atoms with Crippen LogP contribution in [0.3, 0.4) is 0 Å². The number of hydrogen-bond acceptors (Lipinski definition) is 5. The Hall–Kier alpha value is -1.89. The number of nitrogens with zero attached hydrogens (tertiary/aromatic N) is 2. The van der Waals surface area contributed by atoms with Crippen LogP contribution in [0.15, 0.2) is 18.3 Å². The molecule has 7 nitrogen and oxygen atoms in total. The molecule has 1 unspecified atom stereocenters. The van der Waals surface area contributed by atoms with E-state index in [0.717, 1.165) is 0 Å². The van der Waals surface area contributed by atoms with Crippen molar-refractivity contribution in [1.82, 2.24) is 4.98 Å². The van der Waals surface area contributed by atoms with Crippen molar-refractivity contribution in [2.75, 3.05) is 5.32 Å². The zero-order valence-corrected chi connectivity index (χ0v) is 9.10. The largest absolute Gasteiger partial charge is 0.480 e. The molecule has 0 aromatic carbocycles. The number of carboxylic acids is 1. The smallest absolute Gasteiger partial charge is 0.325 e. The Morgan fingerprint density at radius 2 is 2.31 bits per heavy atom. The topological polar surface area (TPSA) is 105 Å². The van der Waals surface area contributed by atoms with Gasteiger partial charge < -0.3 is 10.4 Å². The summed E-state index contributed by atoms with van der Waals surface area (Å²) < 4.78 is 0. The van der Waals surface area contributed by atoms with Crippen LogP contribution < -0.4 is 5.32 Å². The lowest BCUT2D eigenvalue weighted by atomic mass is 10.3. The molecule has 1 rings (SSSR count). The molecule has 2 N–H and O–H groups in total. The molecule has 1 atom stereocenters. The molecule has 1 aromatic rings. The molecular formula is C8H10ClN3O4. The second-order valence-electron chi connectivity index (χ2n) is 2.83. The molecule has 0 saturated heterocycles. The SMILES string of the molecule is CC(Nc1ncccc1[N+](=O)[O-])C(=O)O.Cl. The lowest BCUT2D eigenvalue weighted by Crippen LogP contribution is -2.26. The first-order chi connectivity index (χ1) is 7.02. The number of aliphatic carboxylic acids is 1. The lowest BCUT2D eigenvalue weighted by molar-refractivity contribution is -0.384. The van der Waals surface area contributed by atoms with Gasteiger partial charge in [0.15, 0.2) is 0 Å². The lowest BCUT2D eigenvalue weighted by Gasteiger charge is -2.09. The van der Waals surface area contributed by atoms with E-state index in [2.05, 4.69) is 10.3 Å². The Bertz CT molecular complexity index is 399. The number of rotatable bonds is 4. The Balaban J connectivity index is 0.00000225. The fourth-order valence-electron chi connectivity index (χ4n) is 0.922. The van der Waals surface area contributed by atoms with Crippen LogP contribution in [0, 0.1) is 10.1 Å². The number of hydrogen-bond donors (Lipinski definition) is 2. The van der Waals surface area contributed by atoms with E-state index in [9.17, 15) is 14.9 Å². The minimum atomic E-state index is -1.10. The van der Waals surface area contributed by atoms with Gasteiger partial charge in [0.1, 0.15) is 6.04 Å². The van der Waals surface area contributed by atoms with Crippen LogP contribution in [0.2, 0.25) is 0 Å². The molecule has 0 saturated carbocycles. The van der Waals surface area contributed by atoms with Gasteiger partial charge in [0.2, 0.25) is 5.82 Å². The third kappa shape index (κ3) is 3.35. The average Bonchev–Trinajstić information content (AvgIpc) is 2.18. The molecule has 1 heterocycles. The fraction of sp³-hybridized carbons (Fsp3) is 0.250. The van der Waals surface area contributed by atoms with Crippen LogP contribution in [-0.4, -0.2) is 27.0 Å². The minimum Gasteiger partial charge on any atom is -0.480 e. The predicted octanol–water partition coefficient (Wildman–Crippen LogP) is 1.30. The highest BCUT2D eigenvalue weighted by atomic mass is 35.5. The van der Waals surface area contributed by atoms with Crippen molar-refractivity contribution in [2.24, 2.45) is 0 Å². The van der Waals surface area contributed by atoms with Gasteiger partial charge in [-0.2, -0.15) is 0 Å². The quantitative estimate of drug-likeness (QED) is 0.614. The molecule has 0 bridgehead atoms. The van der Waals surface area contributed by atoms with Crippen LogP contribution in [0.4, 0.5) is 11.5 Å². The summed E-state index contributed by atoms with van der Waals surface area (Å²) in [7, 11) is 0. The molecule has 88 valence electrons. The highest BCUT2D eigenvalue weighted by Crippen LogP contribution is 2.20. The molecule has 0 aliphatic carbocycles. The Morgan fingerprint density at radius 3 is 2.81 bits per heavy atom. The molecule has 16 heavy (non-hydrogen) atoms. The van der Waals surface area contributed by atoms with Gasteiger partial charge in [-0.25, -0.2) is 4.98 Å². The van der Waals surface area contributed by atoms with Gasteiger partial charge in [-0.15, -0.1) is 12.4 Å². The van der Waals surface area contributed by atoms with E-state index in [4.69, 9.17) is 5.11 Å². The molecule has 8 heteroatoms. The minimum absolute atomic E-state index is 0. The van der Waals surface area contributed by atoms with Gasteiger partial charge in [0.05, 0.1) is 4.92 Å². The number of nitrogens with one attached hydrogen (secondary N) is 1. The second kappa shape index (κ2) is 5.86. The van der Waals surface area contributed by atoms with Crippen LogP contribution in [0.1, 0.15) is 6.92 Å². The van der Waals surface area contributed by atoms with Gasteiger partial charge in [0, 0.05) is 12.3 Å². The van der Waals surface area contributed by atoms with Gasteiger partial charge >= 0.3 is 11.7 Å². The summed E-state index contributed by atoms with van der Waals surface area (Å²) in [5, 5.41) is 21.6. The van der Waals surface area contributed by atoms with Crippen molar-refractivity contribution in [3.63, 3.8) is 0 Å². The van der Waals surface area contributed by atoms with Gasteiger partial charge in [-0.05, 0) is 13.0 Å². The van der Waals surface area contributed by atoms with E-state index in [-0.39, 0.29) is 23.9 Å². The normalized spacial score (nSPS) is 11.1. The molecule has 0 spiro atoms. The summed E-state index contributed by atoms with van der Waals surface area (Å²) in [6.45, 7) is 1.38. The van der Waals surface area contributed by atoms with Crippen LogP contribution in [0.25, 0.3) is 0 Å². The van der Waals surface area contributed by atoms with Gasteiger partial charge in [-0.1, -0.05) is 0 Å². The van der Waals surface area contributed by atoms with E-state index < -0.39 is 16.9 Å². The summed E-state index contributed by atoms with van der Waals surface area (Å²) in [5.41, 5.74) is -0.245. The van der Waals surface area contributed by atoms with Crippen molar-refractivity contribution in [3.8, 4) is 0 Å². The van der Waals surface area contributed by atoms with E-state index >= 15 is 0 Å². The Labute approximate surface area is 97.1 Å². The molecule has 0 aliphatic rings. The predicted molar refractivity (Wildman–Crippen MR) is 58.9 cm³/mol. The summed E-state index contributed by atoms with van der Waals surface area (Å²) in [6, 6.07) is 1.73. The highest BCUT2D eigenvalue weighted by Gasteiger charge is 2.18. The van der Waals surface area contributed by atoms with Crippen molar-refractivity contribution >= 4 is 29.9 Å². The molecule has 1 aromatic heterocycles. The number of pyridine rings is 1. The first-order valence-electron chi connectivity index (χ1n) is 4.11. The van der Waals surface area contributed by atoms with Crippen molar-refractivity contribution in [2.45, 2.75) is 13.0 Å². The molecular weight excluding hydrogens is 238 g/mol. The summed E-state index contributed by atoms with van der Waals surface area (Å²) >= 11 is 0. The maximum Gasteiger partial charge on any atom is 0.325 e. The number of carbonyl (C=O) groups is 1. The van der Waals surface area contributed by atoms with E-state index in [1.165, 1.54) is 25.3 Å². The Kier molecular flexibility index (Phi) is 5.17. The van der Waals surface area contributed by atoms with Crippen molar-refractivity contribution in [3.05, 3.63) is 28.4 Å². The molecule has 0 aliphatic heterocycles. The zero-order chi connectivity index (χ0) is 11.4. The fourth-order valence-corrected chi connectivity index (χ4v) is 0.922. The maximum absolute atomic E-state index is 10.6. The van der Waals surface area contributed by atoms with Crippen LogP contribution >= 0.6 is 12.4 Å². The Morgan fingerprint density at radius 1 is 1.69 bits per heavy atom. The molecule has 0 fully saturated rings. The van der Waals surface area contributed by atoms with E-state index in [1.807, 2.05) is 0 Å². The first-order valence-corrected chi connectivity index (χ1v) is 4.11. The van der Waals surface area contributed by atoms with E-state index in [0.29, 0.717) is 0 Å². The van der Waals surface area contributed by atoms with E-state index in [1.54, 1.807) is 0 Å². The number of carboxylic acid groups (broad SMARTS) is 1. The second-order valence-corrected chi connectivity index (χ2v) is 2.83. The molecule has 0 amide bonds. The number of anilines is 1. The zero-order valence-electron chi connectivity index (χ0n) is 8.28. The number of nitro groups is 1. The molecule has 0 radical (unpaired) electrons. The number of aromatic nitrogens is 1. The summed E-state index contributed by atoms with van der Waals surface area (Å²) in [6.07, 6.45) is 1.35. The maximum atomic E-state index is 10.6. The van der Waals surface area contributed by atoms with Gasteiger partial charge in [0.25, 0.3) is 0 Å². The number of halogens is 1. The first kappa shape index (κ1) is 14.1. The van der Waals surface area contributed by atoms with Gasteiger partial charge in [-0.3, -0.25) is 14.9 Å². The van der Waals surface area contributed by atoms with Crippen LogP contribution in [0.5, 0.6) is 0 Å². The standard InChI is InChI=1S/C8H9N3O4.ClH/c1-5(8(12)13)10-7-6(11(14)15)3-2-4-9-7;/h2-5H,1H3,(H,9,10)(H,12,13);1H. The highest BCUT2D eigenvalue weighted by molar-refractivity contribution is 5.85. The third-order valence-corrected chi connectivity index (χ3v) is 1.71. The average molecular weight is 248 g/mol. The summed E-state index contributed by atoms with van der Waals surface area (Å²) in [5.74, 6) is -1.15. The van der Waals surface area contributed by atoms with Crippen LogP contribution in [-0.2, 0) is 4.79 Å². The third-order valence-electron chi connectivity index (χ3n) is 1.71. The monoisotopic (exact) mass is 247 g/mol. The van der Waals surface area contributed by atoms with Crippen molar-refractivity contribution in [1.29, 1.82) is 0 Å². The summed E-state index contributed by atoms with van der Waals surface area (Å²) in [4.78, 5) is 24.2.